The van der Waals surface area contributed by atoms with Crippen LogP contribution in [0.25, 0.3) is 10.9 Å². The van der Waals surface area contributed by atoms with Crippen molar-refractivity contribution in [3.05, 3.63) is 36.0 Å². The number of aromatic nitrogens is 1. The number of nitrogens with two attached hydrogens (primary N) is 1. The number of nitrogens with one attached hydrogen (secondary N) is 1. The summed E-state index contributed by atoms with van der Waals surface area (Å²) in [6, 6.07) is 8.05. The lowest BCUT2D eigenvalue weighted by Crippen LogP contribution is -2.34. The molecule has 3 rings (SSSR count). The third-order valence-electron chi connectivity index (χ3n) is 4.08. The van der Waals surface area contributed by atoms with E-state index in [1.807, 2.05) is 35.4 Å². The highest BCUT2D eigenvalue weighted by atomic mass is 16.2. The van der Waals surface area contributed by atoms with E-state index in [0.29, 0.717) is 12.5 Å². The Hall–Kier alpha value is -1.81. The molecular weight excluding hydrogens is 238 g/mol. The molecule has 0 bridgehead atoms. The standard InChI is InChI=1S/C15H19N3O/c1-10-7-11(8-16)9-18(10)15(19)13-3-2-4-14-12(13)5-6-17-14/h2-6,10-11,17H,7-9,16H2,1H3. The molecule has 2 heterocycles. The maximum Gasteiger partial charge on any atom is 0.254 e. The smallest absolute Gasteiger partial charge is 0.254 e. The summed E-state index contributed by atoms with van der Waals surface area (Å²) in [7, 11) is 0. The number of fused-ring (bicyclic) bond motifs is 1. The number of aromatic amines is 1. The van der Waals surface area contributed by atoms with Crippen LogP contribution in [0.4, 0.5) is 0 Å². The molecule has 2 unspecified atom stereocenters. The first-order valence-electron chi connectivity index (χ1n) is 6.78. The van der Waals surface area contributed by atoms with E-state index in [1.54, 1.807) is 0 Å². The number of carbonyl (C=O) groups is 1. The SMILES string of the molecule is CC1CC(CN)CN1C(=O)c1cccc2[nH]ccc12. The Balaban J connectivity index is 1.94. The number of H-pyrrole nitrogens is 1. The Morgan fingerprint density at radius 2 is 2.32 bits per heavy atom. The fraction of sp³-hybridized carbons (Fsp3) is 0.400. The minimum absolute atomic E-state index is 0.119. The topological polar surface area (TPSA) is 62.1 Å². The van der Waals surface area contributed by atoms with E-state index >= 15 is 0 Å². The molecule has 2 atom stereocenters. The molecule has 1 aliphatic rings. The molecule has 1 fully saturated rings. The zero-order valence-corrected chi connectivity index (χ0v) is 11.1. The largest absolute Gasteiger partial charge is 0.361 e. The van der Waals surface area contributed by atoms with Crippen LogP contribution in [0.1, 0.15) is 23.7 Å². The normalized spacial score (nSPS) is 23.2. The van der Waals surface area contributed by atoms with Crippen LogP contribution in [-0.4, -0.2) is 34.9 Å². The molecule has 19 heavy (non-hydrogen) atoms. The fourth-order valence-corrected chi connectivity index (χ4v) is 3.02. The lowest BCUT2D eigenvalue weighted by molar-refractivity contribution is 0.0745. The van der Waals surface area contributed by atoms with Crippen LogP contribution >= 0.6 is 0 Å². The van der Waals surface area contributed by atoms with Crippen molar-refractivity contribution in [2.24, 2.45) is 11.7 Å². The lowest BCUT2D eigenvalue weighted by Gasteiger charge is -2.22. The summed E-state index contributed by atoms with van der Waals surface area (Å²) in [4.78, 5) is 17.8. The van der Waals surface area contributed by atoms with Crippen LogP contribution in [-0.2, 0) is 0 Å². The highest BCUT2D eigenvalue weighted by molar-refractivity contribution is 6.06. The predicted octanol–water partition coefficient (Wildman–Crippen LogP) is 1.98. The number of amides is 1. The monoisotopic (exact) mass is 257 g/mol. The van der Waals surface area contributed by atoms with Crippen molar-refractivity contribution >= 4 is 16.8 Å². The van der Waals surface area contributed by atoms with Crippen molar-refractivity contribution in [2.75, 3.05) is 13.1 Å². The highest BCUT2D eigenvalue weighted by Crippen LogP contribution is 2.26. The van der Waals surface area contributed by atoms with E-state index in [9.17, 15) is 4.79 Å². The van der Waals surface area contributed by atoms with Gasteiger partial charge in [0.15, 0.2) is 0 Å². The van der Waals surface area contributed by atoms with E-state index in [2.05, 4.69) is 11.9 Å². The first kappa shape index (κ1) is 12.2. The number of benzene rings is 1. The molecule has 1 saturated heterocycles. The Bertz CT molecular complexity index is 604. The molecule has 1 aliphatic heterocycles. The number of rotatable bonds is 2. The van der Waals surface area contributed by atoms with Crippen molar-refractivity contribution in [2.45, 2.75) is 19.4 Å². The average molecular weight is 257 g/mol. The molecule has 2 aromatic rings. The van der Waals surface area contributed by atoms with E-state index in [4.69, 9.17) is 5.73 Å². The molecule has 3 N–H and O–H groups in total. The molecule has 0 saturated carbocycles. The van der Waals surface area contributed by atoms with Gasteiger partial charge in [-0.05, 0) is 44.0 Å². The summed E-state index contributed by atoms with van der Waals surface area (Å²) in [5, 5.41) is 0.996. The Morgan fingerprint density at radius 1 is 1.47 bits per heavy atom. The van der Waals surface area contributed by atoms with Crippen LogP contribution in [0, 0.1) is 5.92 Å². The first-order chi connectivity index (χ1) is 9.20. The number of nitrogens with zero attached hydrogens (tertiary/aromatic N) is 1. The zero-order valence-electron chi connectivity index (χ0n) is 11.1. The van der Waals surface area contributed by atoms with Gasteiger partial charge < -0.3 is 15.6 Å². The minimum Gasteiger partial charge on any atom is -0.361 e. The number of likely N-dealkylation sites (tertiary alicyclic amines) is 1. The molecule has 1 aromatic carbocycles. The molecule has 1 amide bonds. The third kappa shape index (κ3) is 2.02. The van der Waals surface area contributed by atoms with Gasteiger partial charge in [-0.3, -0.25) is 4.79 Å². The van der Waals surface area contributed by atoms with Gasteiger partial charge in [0, 0.05) is 35.2 Å². The van der Waals surface area contributed by atoms with Crippen molar-refractivity contribution in [1.82, 2.24) is 9.88 Å². The second kappa shape index (κ2) is 4.70. The van der Waals surface area contributed by atoms with Crippen LogP contribution in [0.5, 0.6) is 0 Å². The van der Waals surface area contributed by atoms with Crippen LogP contribution in [0.3, 0.4) is 0 Å². The Morgan fingerprint density at radius 3 is 3.05 bits per heavy atom. The van der Waals surface area contributed by atoms with Gasteiger partial charge in [-0.1, -0.05) is 6.07 Å². The van der Waals surface area contributed by atoms with Crippen molar-refractivity contribution in [3.8, 4) is 0 Å². The molecule has 100 valence electrons. The van der Waals surface area contributed by atoms with E-state index in [0.717, 1.165) is 29.4 Å². The van der Waals surface area contributed by atoms with Gasteiger partial charge in [0.2, 0.25) is 0 Å². The summed E-state index contributed by atoms with van der Waals surface area (Å²) < 4.78 is 0. The van der Waals surface area contributed by atoms with Gasteiger partial charge in [-0.25, -0.2) is 0 Å². The van der Waals surface area contributed by atoms with Crippen molar-refractivity contribution < 1.29 is 4.79 Å². The van der Waals surface area contributed by atoms with Gasteiger partial charge in [0.05, 0.1) is 0 Å². The number of carbonyl (C=O) groups excluding carboxylic acids is 1. The zero-order chi connectivity index (χ0) is 13.4. The summed E-state index contributed by atoms with van der Waals surface area (Å²) in [5.74, 6) is 0.554. The minimum atomic E-state index is 0.119. The summed E-state index contributed by atoms with van der Waals surface area (Å²) in [6.07, 6.45) is 2.88. The maximum absolute atomic E-state index is 12.7. The molecule has 0 radical (unpaired) electrons. The molecule has 0 spiro atoms. The van der Waals surface area contributed by atoms with Crippen molar-refractivity contribution in [3.63, 3.8) is 0 Å². The Labute approximate surface area is 112 Å². The van der Waals surface area contributed by atoms with Gasteiger partial charge in [0.25, 0.3) is 5.91 Å². The average Bonchev–Trinajstić information content (AvgIpc) is 3.03. The first-order valence-corrected chi connectivity index (χ1v) is 6.78. The molecule has 0 aliphatic carbocycles. The summed E-state index contributed by atoms with van der Waals surface area (Å²) in [5.41, 5.74) is 7.52. The second-order valence-electron chi connectivity index (χ2n) is 5.39. The molecule has 1 aromatic heterocycles. The van der Waals surface area contributed by atoms with Gasteiger partial charge in [0.1, 0.15) is 0 Å². The van der Waals surface area contributed by atoms with Gasteiger partial charge in [-0.15, -0.1) is 0 Å². The van der Waals surface area contributed by atoms with E-state index < -0.39 is 0 Å². The maximum atomic E-state index is 12.7. The number of hydrogen-bond acceptors (Lipinski definition) is 2. The van der Waals surface area contributed by atoms with Crippen LogP contribution in [0.2, 0.25) is 0 Å². The quantitative estimate of drug-likeness (QED) is 0.864. The molecule has 4 nitrogen and oxygen atoms in total. The Kier molecular flexibility index (Phi) is 3.03. The highest BCUT2D eigenvalue weighted by Gasteiger charge is 2.32. The van der Waals surface area contributed by atoms with E-state index in [-0.39, 0.29) is 11.9 Å². The summed E-state index contributed by atoms with van der Waals surface area (Å²) in [6.45, 7) is 3.53. The fourth-order valence-electron chi connectivity index (χ4n) is 3.02. The number of hydrogen-bond donors (Lipinski definition) is 2. The van der Waals surface area contributed by atoms with Gasteiger partial charge >= 0.3 is 0 Å². The predicted molar refractivity (Wildman–Crippen MR) is 76.0 cm³/mol. The van der Waals surface area contributed by atoms with E-state index in [1.165, 1.54) is 0 Å². The third-order valence-corrected chi connectivity index (χ3v) is 4.08. The van der Waals surface area contributed by atoms with Crippen molar-refractivity contribution in [1.29, 1.82) is 0 Å². The van der Waals surface area contributed by atoms with Gasteiger partial charge in [-0.2, -0.15) is 0 Å². The summed E-state index contributed by atoms with van der Waals surface area (Å²) >= 11 is 0. The molecular formula is C15H19N3O. The lowest BCUT2D eigenvalue weighted by atomic mass is 10.1. The second-order valence-corrected chi connectivity index (χ2v) is 5.39. The molecule has 4 heteroatoms. The van der Waals surface area contributed by atoms with Crippen LogP contribution < -0.4 is 5.73 Å². The van der Waals surface area contributed by atoms with Crippen LogP contribution in [0.15, 0.2) is 30.5 Å².